The molecule has 3 N–H and O–H groups in total. The van der Waals surface area contributed by atoms with E-state index in [4.69, 9.17) is 5.11 Å². The summed E-state index contributed by atoms with van der Waals surface area (Å²) in [6.45, 7) is 3.62. The van der Waals surface area contributed by atoms with Crippen molar-refractivity contribution in [1.82, 2.24) is 10.6 Å². The number of carboxylic acids is 1. The number of amides is 2. The van der Waals surface area contributed by atoms with E-state index in [9.17, 15) is 9.59 Å². The van der Waals surface area contributed by atoms with Gasteiger partial charge in [0.05, 0.1) is 5.41 Å². The third-order valence-corrected chi connectivity index (χ3v) is 3.63. The van der Waals surface area contributed by atoms with Gasteiger partial charge in [-0.1, -0.05) is 19.8 Å². The van der Waals surface area contributed by atoms with E-state index in [2.05, 4.69) is 10.6 Å². The van der Waals surface area contributed by atoms with Crippen LogP contribution in [-0.4, -0.2) is 29.7 Å². The summed E-state index contributed by atoms with van der Waals surface area (Å²) in [7, 11) is 0. The molecule has 1 atom stereocenters. The van der Waals surface area contributed by atoms with E-state index in [1.807, 2.05) is 6.92 Å². The molecule has 1 fully saturated rings. The summed E-state index contributed by atoms with van der Waals surface area (Å²) >= 11 is 0. The Morgan fingerprint density at radius 2 is 1.94 bits per heavy atom. The summed E-state index contributed by atoms with van der Waals surface area (Å²) in [5.74, 6) is -0.874. The van der Waals surface area contributed by atoms with Gasteiger partial charge in [-0.05, 0) is 26.2 Å². The fourth-order valence-corrected chi connectivity index (χ4v) is 1.93. The van der Waals surface area contributed by atoms with Crippen LogP contribution in [0.4, 0.5) is 4.79 Å². The SMILES string of the molecule is CCC(C)(CNC(=O)NC1CCCC1)C(=O)O. The first-order valence-corrected chi connectivity index (χ1v) is 6.25. The van der Waals surface area contributed by atoms with Crippen molar-refractivity contribution < 1.29 is 14.7 Å². The molecule has 1 unspecified atom stereocenters. The summed E-state index contributed by atoms with van der Waals surface area (Å²) in [4.78, 5) is 22.6. The van der Waals surface area contributed by atoms with Gasteiger partial charge < -0.3 is 15.7 Å². The van der Waals surface area contributed by atoms with Crippen LogP contribution < -0.4 is 10.6 Å². The van der Waals surface area contributed by atoms with E-state index in [0.29, 0.717) is 6.42 Å². The topological polar surface area (TPSA) is 78.4 Å². The fourth-order valence-electron chi connectivity index (χ4n) is 1.93. The third-order valence-electron chi connectivity index (χ3n) is 3.63. The predicted molar refractivity (Wildman–Crippen MR) is 64.8 cm³/mol. The molecule has 98 valence electrons. The summed E-state index contributed by atoms with van der Waals surface area (Å²) in [6.07, 6.45) is 4.86. The molecule has 1 rings (SSSR count). The monoisotopic (exact) mass is 242 g/mol. The number of aliphatic carboxylic acids is 1. The maximum absolute atomic E-state index is 11.6. The first-order chi connectivity index (χ1) is 7.98. The normalized spacial score (nSPS) is 19.6. The van der Waals surface area contributed by atoms with Crippen LogP contribution in [0.3, 0.4) is 0 Å². The lowest BCUT2D eigenvalue weighted by Gasteiger charge is -2.24. The average Bonchev–Trinajstić information content (AvgIpc) is 2.78. The van der Waals surface area contributed by atoms with E-state index in [-0.39, 0.29) is 18.6 Å². The van der Waals surface area contributed by atoms with E-state index < -0.39 is 11.4 Å². The molecule has 5 nitrogen and oxygen atoms in total. The van der Waals surface area contributed by atoms with Crippen LogP contribution in [0.5, 0.6) is 0 Å². The maximum atomic E-state index is 11.6. The minimum atomic E-state index is -0.882. The van der Waals surface area contributed by atoms with Gasteiger partial charge in [0.15, 0.2) is 0 Å². The molecule has 1 aliphatic carbocycles. The number of carbonyl (C=O) groups is 2. The van der Waals surface area contributed by atoms with Crippen molar-refractivity contribution in [1.29, 1.82) is 0 Å². The van der Waals surface area contributed by atoms with Crippen molar-refractivity contribution in [3.8, 4) is 0 Å². The minimum Gasteiger partial charge on any atom is -0.481 e. The van der Waals surface area contributed by atoms with E-state index >= 15 is 0 Å². The quantitative estimate of drug-likeness (QED) is 0.687. The Bertz CT molecular complexity index is 287. The predicted octanol–water partition coefficient (Wildman–Crippen LogP) is 1.73. The van der Waals surface area contributed by atoms with Crippen LogP contribution in [0.15, 0.2) is 0 Å². The maximum Gasteiger partial charge on any atom is 0.315 e. The standard InChI is InChI=1S/C12H22N2O3/c1-3-12(2,10(15)16)8-13-11(17)14-9-6-4-5-7-9/h9H,3-8H2,1-2H3,(H,15,16)(H2,13,14,17). The Morgan fingerprint density at radius 1 is 1.35 bits per heavy atom. The van der Waals surface area contributed by atoms with Gasteiger partial charge in [0.1, 0.15) is 0 Å². The zero-order valence-electron chi connectivity index (χ0n) is 10.6. The lowest BCUT2D eigenvalue weighted by Crippen LogP contribution is -2.46. The molecule has 1 saturated carbocycles. The van der Waals surface area contributed by atoms with Crippen molar-refractivity contribution >= 4 is 12.0 Å². The molecule has 1 aliphatic rings. The zero-order valence-corrected chi connectivity index (χ0v) is 10.6. The Hall–Kier alpha value is -1.26. The van der Waals surface area contributed by atoms with Crippen molar-refractivity contribution in [2.45, 2.75) is 52.0 Å². The lowest BCUT2D eigenvalue weighted by atomic mass is 9.88. The zero-order chi connectivity index (χ0) is 12.9. The van der Waals surface area contributed by atoms with Gasteiger partial charge in [-0.15, -0.1) is 0 Å². The molecule has 0 aromatic carbocycles. The Morgan fingerprint density at radius 3 is 2.41 bits per heavy atom. The number of rotatable bonds is 5. The third kappa shape index (κ3) is 3.91. The van der Waals surface area contributed by atoms with Gasteiger partial charge in [0.25, 0.3) is 0 Å². The largest absolute Gasteiger partial charge is 0.481 e. The number of hydrogen-bond donors (Lipinski definition) is 3. The molecule has 17 heavy (non-hydrogen) atoms. The van der Waals surface area contributed by atoms with Gasteiger partial charge >= 0.3 is 12.0 Å². The van der Waals surface area contributed by atoms with Crippen molar-refractivity contribution in [2.75, 3.05) is 6.54 Å². The lowest BCUT2D eigenvalue weighted by molar-refractivity contribution is -0.147. The summed E-state index contributed by atoms with van der Waals surface area (Å²) < 4.78 is 0. The summed E-state index contributed by atoms with van der Waals surface area (Å²) in [6, 6.07) is 0.00513. The molecular formula is C12H22N2O3. The number of carboxylic acid groups (broad SMARTS) is 1. The second-order valence-electron chi connectivity index (χ2n) is 5.03. The van der Waals surface area contributed by atoms with Crippen LogP contribution in [-0.2, 0) is 4.79 Å². The van der Waals surface area contributed by atoms with Gasteiger partial charge in [0.2, 0.25) is 0 Å². The number of nitrogens with one attached hydrogen (secondary N) is 2. The first-order valence-electron chi connectivity index (χ1n) is 6.25. The molecule has 0 saturated heterocycles. The highest BCUT2D eigenvalue weighted by atomic mass is 16.4. The van der Waals surface area contributed by atoms with Gasteiger partial charge in [-0.3, -0.25) is 4.79 Å². The van der Waals surface area contributed by atoms with Crippen LogP contribution in [0.25, 0.3) is 0 Å². The highest BCUT2D eigenvalue weighted by Crippen LogP contribution is 2.20. The smallest absolute Gasteiger partial charge is 0.315 e. The summed E-state index contributed by atoms with van der Waals surface area (Å²) in [5, 5.41) is 14.6. The molecule has 2 amide bonds. The molecule has 0 aliphatic heterocycles. The second-order valence-corrected chi connectivity index (χ2v) is 5.03. The number of urea groups is 1. The minimum absolute atomic E-state index is 0.164. The second kappa shape index (κ2) is 5.89. The molecule has 0 aromatic rings. The average molecular weight is 242 g/mol. The van der Waals surface area contributed by atoms with Gasteiger partial charge in [0, 0.05) is 12.6 Å². The molecule has 0 heterocycles. The fraction of sp³-hybridized carbons (Fsp3) is 0.833. The molecule has 0 aromatic heterocycles. The van der Waals surface area contributed by atoms with E-state index in [0.717, 1.165) is 25.7 Å². The molecule has 0 radical (unpaired) electrons. The highest BCUT2D eigenvalue weighted by molar-refractivity contribution is 5.77. The molecule has 5 heteroatoms. The molecule has 0 spiro atoms. The number of hydrogen-bond acceptors (Lipinski definition) is 2. The van der Waals surface area contributed by atoms with E-state index in [1.54, 1.807) is 6.92 Å². The number of carbonyl (C=O) groups excluding carboxylic acids is 1. The van der Waals surface area contributed by atoms with Crippen molar-refractivity contribution in [2.24, 2.45) is 5.41 Å². The Balaban J connectivity index is 2.33. The first kappa shape index (κ1) is 13.8. The van der Waals surface area contributed by atoms with Crippen LogP contribution >= 0.6 is 0 Å². The van der Waals surface area contributed by atoms with Crippen LogP contribution in [0, 0.1) is 5.41 Å². The van der Waals surface area contributed by atoms with Crippen LogP contribution in [0.2, 0.25) is 0 Å². The molecule has 0 bridgehead atoms. The Labute approximate surface area is 102 Å². The van der Waals surface area contributed by atoms with Crippen LogP contribution in [0.1, 0.15) is 46.0 Å². The molecular weight excluding hydrogens is 220 g/mol. The van der Waals surface area contributed by atoms with Crippen molar-refractivity contribution in [3.63, 3.8) is 0 Å². The van der Waals surface area contributed by atoms with Gasteiger partial charge in [-0.2, -0.15) is 0 Å². The van der Waals surface area contributed by atoms with E-state index in [1.165, 1.54) is 0 Å². The van der Waals surface area contributed by atoms with Crippen molar-refractivity contribution in [3.05, 3.63) is 0 Å². The Kier molecular flexibility index (Phi) is 4.78. The summed E-state index contributed by atoms with van der Waals surface area (Å²) in [5.41, 5.74) is -0.882. The highest BCUT2D eigenvalue weighted by Gasteiger charge is 2.31. The van der Waals surface area contributed by atoms with Gasteiger partial charge in [-0.25, -0.2) is 4.79 Å².